The van der Waals surface area contributed by atoms with Gasteiger partial charge < -0.3 is 20.2 Å². The van der Waals surface area contributed by atoms with E-state index in [4.69, 9.17) is 4.98 Å². The van der Waals surface area contributed by atoms with E-state index in [1.807, 2.05) is 0 Å². The minimum atomic E-state index is -4.62. The average Bonchev–Trinajstić information content (AvgIpc) is 2.97. The summed E-state index contributed by atoms with van der Waals surface area (Å²) >= 11 is 0. The third-order valence-electron chi connectivity index (χ3n) is 7.19. The second-order valence-electron chi connectivity index (χ2n) is 9.80. The summed E-state index contributed by atoms with van der Waals surface area (Å²) in [5.41, 5.74) is 3.08. The highest BCUT2D eigenvalue weighted by Crippen LogP contribution is 2.43. The van der Waals surface area contributed by atoms with Crippen LogP contribution < -0.4 is 15.1 Å². The lowest BCUT2D eigenvalue weighted by Gasteiger charge is -2.36. The number of aromatic nitrogens is 3. The number of urea groups is 1. The Morgan fingerprint density at radius 3 is 2.52 bits per heavy atom. The fourth-order valence-corrected chi connectivity index (χ4v) is 5.19. The molecule has 206 valence electrons. The number of fused-ring (bicyclic) bond motifs is 3. The minimum Gasteiger partial charge on any atom is -0.390 e. The van der Waals surface area contributed by atoms with Crippen LogP contribution in [0, 0.1) is 0 Å². The third kappa shape index (κ3) is 4.58. The molecule has 5 heterocycles. The molecule has 2 aliphatic rings. The van der Waals surface area contributed by atoms with Crippen LogP contribution in [0.3, 0.4) is 0 Å². The first-order valence-corrected chi connectivity index (χ1v) is 12.8. The largest absolute Gasteiger partial charge is 0.418 e. The van der Waals surface area contributed by atoms with Gasteiger partial charge in [-0.25, -0.2) is 9.78 Å². The van der Waals surface area contributed by atoms with Gasteiger partial charge in [0.1, 0.15) is 5.52 Å². The van der Waals surface area contributed by atoms with Gasteiger partial charge in [0.15, 0.2) is 0 Å². The topological polar surface area (TPSA) is 97.7 Å². The summed E-state index contributed by atoms with van der Waals surface area (Å²) in [5.74, 6) is 0. The number of nitrogens with one attached hydrogen (secondary N) is 1. The fourth-order valence-electron chi connectivity index (χ4n) is 5.19. The van der Waals surface area contributed by atoms with Gasteiger partial charge in [0, 0.05) is 62.4 Å². The van der Waals surface area contributed by atoms with Crippen LogP contribution in [0.2, 0.25) is 0 Å². The van der Waals surface area contributed by atoms with Crippen molar-refractivity contribution in [1.82, 2.24) is 25.2 Å². The van der Waals surface area contributed by atoms with Gasteiger partial charge in [0.2, 0.25) is 0 Å². The van der Waals surface area contributed by atoms with Gasteiger partial charge in [-0.05, 0) is 42.5 Å². The maximum atomic E-state index is 14.4. The number of alkyl halides is 3. The summed E-state index contributed by atoms with van der Waals surface area (Å²) in [6.45, 7) is 2.12. The van der Waals surface area contributed by atoms with E-state index in [0.29, 0.717) is 65.4 Å². The van der Waals surface area contributed by atoms with Crippen molar-refractivity contribution in [3.63, 3.8) is 0 Å². The van der Waals surface area contributed by atoms with Crippen LogP contribution in [0.1, 0.15) is 16.8 Å². The SMILES string of the molecule is CN1Cc2cnc3ccc(-c4ccc(CO)nc4)nc3c2N(c2ccc(N3CCNCC3)c(C(F)(F)F)c2)C1=O. The van der Waals surface area contributed by atoms with Crippen molar-refractivity contribution in [1.29, 1.82) is 0 Å². The van der Waals surface area contributed by atoms with Gasteiger partial charge in [-0.3, -0.25) is 14.9 Å². The number of benzene rings is 1. The molecule has 12 heteroatoms. The third-order valence-corrected chi connectivity index (χ3v) is 7.19. The average molecular weight is 550 g/mol. The summed E-state index contributed by atoms with van der Waals surface area (Å²) in [6, 6.07) is 10.6. The van der Waals surface area contributed by atoms with E-state index in [-0.39, 0.29) is 24.5 Å². The Morgan fingerprint density at radius 2 is 1.82 bits per heavy atom. The molecule has 9 nitrogen and oxygen atoms in total. The van der Waals surface area contributed by atoms with E-state index in [9.17, 15) is 23.1 Å². The van der Waals surface area contributed by atoms with Crippen molar-refractivity contribution in [2.45, 2.75) is 19.3 Å². The molecule has 0 unspecified atom stereocenters. The van der Waals surface area contributed by atoms with E-state index in [2.05, 4.69) is 15.3 Å². The van der Waals surface area contributed by atoms with Gasteiger partial charge in [-0.1, -0.05) is 0 Å². The molecule has 0 radical (unpaired) electrons. The second kappa shape index (κ2) is 10.0. The summed E-state index contributed by atoms with van der Waals surface area (Å²) in [5, 5.41) is 12.5. The Balaban J connectivity index is 1.52. The molecule has 2 N–H and O–H groups in total. The molecule has 0 aliphatic carbocycles. The number of piperazine rings is 1. The number of hydrogen-bond acceptors (Lipinski definition) is 7. The number of halogens is 3. The number of rotatable bonds is 4. The number of amides is 2. The summed E-state index contributed by atoms with van der Waals surface area (Å²) in [6.07, 6.45) is -1.40. The molecular weight excluding hydrogens is 523 g/mol. The zero-order valence-corrected chi connectivity index (χ0v) is 21.6. The molecule has 0 bridgehead atoms. The molecule has 1 saturated heterocycles. The zero-order chi connectivity index (χ0) is 28.0. The summed E-state index contributed by atoms with van der Waals surface area (Å²) < 4.78 is 43.1. The number of carbonyl (C=O) groups is 1. The van der Waals surface area contributed by atoms with Crippen molar-refractivity contribution in [2.24, 2.45) is 0 Å². The Bertz CT molecular complexity index is 1590. The standard InChI is InChI=1S/C28H26F3N7O2/c1-36-15-18-14-34-23-6-5-22(17-2-3-19(16-39)33-13-17)35-25(23)26(18)38(27(36)40)20-4-7-24(21(12-20)28(29,30)31)37-10-8-32-9-11-37/h2-7,12-14,32,39H,8-11,15-16H2,1H3. The maximum Gasteiger partial charge on any atom is 0.418 e. The molecule has 2 amide bonds. The van der Waals surface area contributed by atoms with Crippen LogP contribution in [0.4, 0.5) is 35.0 Å². The van der Waals surface area contributed by atoms with Crippen LogP contribution >= 0.6 is 0 Å². The lowest BCUT2D eigenvalue weighted by Crippen LogP contribution is -2.44. The summed E-state index contributed by atoms with van der Waals surface area (Å²) in [7, 11) is 1.60. The Morgan fingerprint density at radius 1 is 1.02 bits per heavy atom. The van der Waals surface area contributed by atoms with Gasteiger partial charge in [0.05, 0.1) is 47.0 Å². The van der Waals surface area contributed by atoms with Gasteiger partial charge in [0.25, 0.3) is 0 Å². The van der Waals surface area contributed by atoms with Crippen molar-refractivity contribution >= 4 is 34.1 Å². The van der Waals surface area contributed by atoms with Crippen LogP contribution in [0.15, 0.2) is 54.9 Å². The molecule has 0 saturated carbocycles. The van der Waals surface area contributed by atoms with E-state index >= 15 is 0 Å². The Kier molecular flexibility index (Phi) is 6.51. The lowest BCUT2D eigenvalue weighted by molar-refractivity contribution is -0.137. The predicted octanol–water partition coefficient (Wildman–Crippen LogP) is 4.32. The first-order valence-electron chi connectivity index (χ1n) is 12.8. The molecule has 4 aromatic rings. The molecule has 1 aromatic carbocycles. The van der Waals surface area contributed by atoms with E-state index in [1.165, 1.54) is 15.9 Å². The lowest BCUT2D eigenvalue weighted by atomic mass is 10.0. The number of anilines is 3. The number of aliphatic hydroxyl groups excluding tert-OH is 1. The van der Waals surface area contributed by atoms with Crippen molar-refractivity contribution < 1.29 is 23.1 Å². The maximum absolute atomic E-state index is 14.4. The molecule has 0 spiro atoms. The molecule has 3 aromatic heterocycles. The molecule has 2 aliphatic heterocycles. The quantitative estimate of drug-likeness (QED) is 0.392. The highest BCUT2D eigenvalue weighted by Gasteiger charge is 2.38. The number of aliphatic hydroxyl groups is 1. The molecule has 6 rings (SSSR count). The van der Waals surface area contributed by atoms with Crippen LogP contribution in [0.5, 0.6) is 0 Å². The molecule has 40 heavy (non-hydrogen) atoms. The minimum absolute atomic E-state index is 0.0922. The normalized spacial score (nSPS) is 16.0. The van der Waals surface area contributed by atoms with E-state index < -0.39 is 17.8 Å². The number of nitrogens with zero attached hydrogens (tertiary/aromatic N) is 6. The Labute approximate surface area is 227 Å². The molecule has 1 fully saturated rings. The van der Waals surface area contributed by atoms with Crippen LogP contribution in [0.25, 0.3) is 22.3 Å². The van der Waals surface area contributed by atoms with E-state index in [1.54, 1.807) is 54.7 Å². The summed E-state index contributed by atoms with van der Waals surface area (Å²) in [4.78, 5) is 31.5. The monoisotopic (exact) mass is 549 g/mol. The number of pyridine rings is 3. The van der Waals surface area contributed by atoms with Crippen molar-refractivity contribution in [3.05, 3.63) is 71.7 Å². The van der Waals surface area contributed by atoms with Crippen LogP contribution in [-0.2, 0) is 19.3 Å². The zero-order valence-electron chi connectivity index (χ0n) is 21.6. The van der Waals surface area contributed by atoms with Crippen LogP contribution in [-0.4, -0.2) is 64.2 Å². The van der Waals surface area contributed by atoms with Gasteiger partial charge >= 0.3 is 12.2 Å². The highest BCUT2D eigenvalue weighted by atomic mass is 19.4. The fraction of sp³-hybridized carbons (Fsp3) is 0.286. The molecule has 0 atom stereocenters. The smallest absolute Gasteiger partial charge is 0.390 e. The number of carbonyl (C=O) groups excluding carboxylic acids is 1. The predicted molar refractivity (Wildman–Crippen MR) is 144 cm³/mol. The van der Waals surface area contributed by atoms with Gasteiger partial charge in [-0.15, -0.1) is 0 Å². The first-order chi connectivity index (χ1) is 19.2. The van der Waals surface area contributed by atoms with Crippen molar-refractivity contribution in [2.75, 3.05) is 43.0 Å². The van der Waals surface area contributed by atoms with E-state index in [0.717, 1.165) is 6.07 Å². The molecular formula is C28H26F3N7O2. The Hall–Kier alpha value is -4.29. The van der Waals surface area contributed by atoms with Crippen molar-refractivity contribution in [3.8, 4) is 11.3 Å². The second-order valence-corrected chi connectivity index (χ2v) is 9.80. The highest BCUT2D eigenvalue weighted by molar-refractivity contribution is 6.08. The number of hydrogen-bond donors (Lipinski definition) is 2. The first kappa shape index (κ1) is 26.0. The van der Waals surface area contributed by atoms with Gasteiger partial charge in [-0.2, -0.15) is 13.2 Å².